The Labute approximate surface area is 119 Å². The van der Waals surface area contributed by atoms with Crippen LogP contribution in [0.5, 0.6) is 0 Å². The molecule has 3 heteroatoms. The third kappa shape index (κ3) is 3.99. The molecule has 18 heavy (non-hydrogen) atoms. The van der Waals surface area contributed by atoms with Gasteiger partial charge in [0.15, 0.2) is 0 Å². The first kappa shape index (κ1) is 13.9. The predicted molar refractivity (Wildman–Crippen MR) is 82.1 cm³/mol. The first-order chi connectivity index (χ1) is 8.56. The van der Waals surface area contributed by atoms with Gasteiger partial charge in [-0.15, -0.1) is 0 Å². The van der Waals surface area contributed by atoms with E-state index in [9.17, 15) is 0 Å². The Hall–Kier alpha value is -0.540. The second-order valence-corrected chi connectivity index (χ2v) is 6.62. The van der Waals surface area contributed by atoms with Crippen LogP contribution < -0.4 is 10.2 Å². The Balaban J connectivity index is 2.10. The summed E-state index contributed by atoms with van der Waals surface area (Å²) in [5, 5.41) is 3.60. The number of nitrogens with zero attached hydrogens (tertiary/aromatic N) is 1. The lowest BCUT2D eigenvalue weighted by Crippen LogP contribution is -2.25. The van der Waals surface area contributed by atoms with E-state index in [-0.39, 0.29) is 0 Å². The molecule has 1 aliphatic carbocycles. The average molecular weight is 311 g/mol. The lowest BCUT2D eigenvalue weighted by Gasteiger charge is -2.24. The van der Waals surface area contributed by atoms with Crippen molar-refractivity contribution >= 4 is 21.6 Å². The van der Waals surface area contributed by atoms with Crippen LogP contribution in [0.1, 0.15) is 32.3 Å². The van der Waals surface area contributed by atoms with Crippen LogP contribution in [0.2, 0.25) is 0 Å². The van der Waals surface area contributed by atoms with E-state index in [1.165, 1.54) is 24.1 Å². The highest BCUT2D eigenvalue weighted by molar-refractivity contribution is 9.10. The van der Waals surface area contributed by atoms with Gasteiger partial charge in [-0.1, -0.05) is 29.8 Å². The standard InChI is InChI=1S/C15H23BrN2/c1-11(2)10-18(3)15-7-4-13(16)8-12(15)9-17-14-5-6-14/h4,7-8,11,14,17H,5-6,9-10H2,1-3H3. The van der Waals surface area contributed by atoms with Crippen LogP contribution in [-0.4, -0.2) is 19.6 Å². The third-order valence-electron chi connectivity index (χ3n) is 3.25. The third-order valence-corrected chi connectivity index (χ3v) is 3.74. The molecule has 0 radical (unpaired) electrons. The molecular weight excluding hydrogens is 288 g/mol. The molecule has 2 rings (SSSR count). The molecule has 2 nitrogen and oxygen atoms in total. The fraction of sp³-hybridized carbons (Fsp3) is 0.600. The van der Waals surface area contributed by atoms with Gasteiger partial charge in [0, 0.05) is 36.3 Å². The number of rotatable bonds is 6. The zero-order valence-corrected chi connectivity index (χ0v) is 13.1. The molecule has 0 atom stereocenters. The number of hydrogen-bond donors (Lipinski definition) is 1. The molecule has 0 aromatic heterocycles. The lowest BCUT2D eigenvalue weighted by atomic mass is 10.1. The van der Waals surface area contributed by atoms with E-state index in [0.717, 1.165) is 23.6 Å². The highest BCUT2D eigenvalue weighted by atomic mass is 79.9. The summed E-state index contributed by atoms with van der Waals surface area (Å²) in [6.07, 6.45) is 2.68. The largest absolute Gasteiger partial charge is 0.374 e. The molecule has 0 spiro atoms. The maximum Gasteiger partial charge on any atom is 0.0410 e. The molecular formula is C15H23BrN2. The average Bonchev–Trinajstić information content (AvgIpc) is 3.09. The normalized spacial score (nSPS) is 15.2. The lowest BCUT2D eigenvalue weighted by molar-refractivity contribution is 0.632. The van der Waals surface area contributed by atoms with Crippen LogP contribution in [0.3, 0.4) is 0 Å². The summed E-state index contributed by atoms with van der Waals surface area (Å²) in [6, 6.07) is 7.34. The van der Waals surface area contributed by atoms with Gasteiger partial charge in [0.05, 0.1) is 0 Å². The van der Waals surface area contributed by atoms with Crippen molar-refractivity contribution in [2.45, 2.75) is 39.3 Å². The van der Waals surface area contributed by atoms with E-state index in [2.05, 4.69) is 65.2 Å². The molecule has 0 bridgehead atoms. The number of anilines is 1. The maximum atomic E-state index is 3.60. The summed E-state index contributed by atoms with van der Waals surface area (Å²) in [6.45, 7) is 6.59. The minimum atomic E-state index is 0.683. The first-order valence-electron chi connectivity index (χ1n) is 6.79. The Morgan fingerprint density at radius 3 is 2.72 bits per heavy atom. The second-order valence-electron chi connectivity index (χ2n) is 5.70. The predicted octanol–water partition coefficient (Wildman–Crippen LogP) is 3.79. The van der Waals surface area contributed by atoms with E-state index < -0.39 is 0 Å². The molecule has 0 unspecified atom stereocenters. The smallest absolute Gasteiger partial charge is 0.0410 e. The van der Waals surface area contributed by atoms with Crippen molar-refractivity contribution in [2.24, 2.45) is 5.92 Å². The van der Waals surface area contributed by atoms with Crippen LogP contribution in [0.15, 0.2) is 22.7 Å². The Kier molecular flexibility index (Phi) is 4.68. The maximum absolute atomic E-state index is 3.60. The molecule has 0 aliphatic heterocycles. The monoisotopic (exact) mass is 310 g/mol. The van der Waals surface area contributed by atoms with Crippen molar-refractivity contribution < 1.29 is 0 Å². The zero-order valence-electron chi connectivity index (χ0n) is 11.5. The van der Waals surface area contributed by atoms with Crippen molar-refractivity contribution in [1.82, 2.24) is 5.32 Å². The van der Waals surface area contributed by atoms with E-state index in [4.69, 9.17) is 0 Å². The Bertz CT molecular complexity index is 399. The highest BCUT2D eigenvalue weighted by Crippen LogP contribution is 2.26. The van der Waals surface area contributed by atoms with Crippen LogP contribution >= 0.6 is 15.9 Å². The van der Waals surface area contributed by atoms with Crippen molar-refractivity contribution in [1.29, 1.82) is 0 Å². The summed E-state index contributed by atoms with van der Waals surface area (Å²) in [4.78, 5) is 2.36. The summed E-state index contributed by atoms with van der Waals surface area (Å²) in [7, 11) is 2.18. The first-order valence-corrected chi connectivity index (χ1v) is 7.58. The summed E-state index contributed by atoms with van der Waals surface area (Å²) < 4.78 is 1.16. The van der Waals surface area contributed by atoms with Crippen molar-refractivity contribution in [2.75, 3.05) is 18.5 Å². The van der Waals surface area contributed by atoms with E-state index in [1.54, 1.807) is 0 Å². The molecule has 1 aromatic rings. The van der Waals surface area contributed by atoms with Gasteiger partial charge in [0.1, 0.15) is 0 Å². The molecule has 1 N–H and O–H groups in total. The summed E-state index contributed by atoms with van der Waals surface area (Å²) >= 11 is 3.57. The Morgan fingerprint density at radius 2 is 2.11 bits per heavy atom. The molecule has 0 amide bonds. The summed E-state index contributed by atoms with van der Waals surface area (Å²) in [5.74, 6) is 0.683. The van der Waals surface area contributed by atoms with Crippen LogP contribution in [0.4, 0.5) is 5.69 Å². The topological polar surface area (TPSA) is 15.3 Å². The molecule has 1 saturated carbocycles. The number of benzene rings is 1. The fourth-order valence-electron chi connectivity index (χ4n) is 2.26. The minimum Gasteiger partial charge on any atom is -0.374 e. The second kappa shape index (κ2) is 6.07. The van der Waals surface area contributed by atoms with Gasteiger partial charge in [0.2, 0.25) is 0 Å². The summed E-state index contributed by atoms with van der Waals surface area (Å²) in [5.41, 5.74) is 2.74. The quantitative estimate of drug-likeness (QED) is 0.860. The zero-order chi connectivity index (χ0) is 13.1. The van der Waals surface area contributed by atoms with Gasteiger partial charge >= 0.3 is 0 Å². The van der Waals surface area contributed by atoms with E-state index in [0.29, 0.717) is 5.92 Å². The van der Waals surface area contributed by atoms with E-state index in [1.807, 2.05) is 0 Å². The van der Waals surface area contributed by atoms with Crippen LogP contribution in [0.25, 0.3) is 0 Å². The molecule has 1 aliphatic rings. The molecule has 1 aromatic carbocycles. The molecule has 1 fully saturated rings. The number of hydrogen-bond acceptors (Lipinski definition) is 2. The highest BCUT2D eigenvalue weighted by Gasteiger charge is 2.20. The van der Waals surface area contributed by atoms with E-state index >= 15 is 0 Å². The molecule has 0 heterocycles. The van der Waals surface area contributed by atoms with Crippen molar-refractivity contribution in [3.05, 3.63) is 28.2 Å². The minimum absolute atomic E-state index is 0.683. The number of nitrogens with one attached hydrogen (secondary N) is 1. The number of halogens is 1. The molecule has 100 valence electrons. The molecule has 0 saturated heterocycles. The van der Waals surface area contributed by atoms with Gasteiger partial charge in [-0.3, -0.25) is 0 Å². The van der Waals surface area contributed by atoms with Gasteiger partial charge in [-0.05, 0) is 42.5 Å². The van der Waals surface area contributed by atoms with Crippen LogP contribution in [0, 0.1) is 5.92 Å². The fourth-order valence-corrected chi connectivity index (χ4v) is 2.66. The van der Waals surface area contributed by atoms with Gasteiger partial charge in [-0.25, -0.2) is 0 Å². The van der Waals surface area contributed by atoms with Gasteiger partial charge in [0.25, 0.3) is 0 Å². The Morgan fingerprint density at radius 1 is 1.39 bits per heavy atom. The van der Waals surface area contributed by atoms with Crippen molar-refractivity contribution in [3.63, 3.8) is 0 Å². The van der Waals surface area contributed by atoms with Crippen molar-refractivity contribution in [3.8, 4) is 0 Å². The van der Waals surface area contributed by atoms with Gasteiger partial charge < -0.3 is 10.2 Å². The van der Waals surface area contributed by atoms with Crippen LogP contribution in [-0.2, 0) is 6.54 Å². The SMILES string of the molecule is CC(C)CN(C)c1ccc(Br)cc1CNC1CC1. The van der Waals surface area contributed by atoms with Gasteiger partial charge in [-0.2, -0.15) is 0 Å².